The highest BCUT2D eigenvalue weighted by Crippen LogP contribution is 2.43. The average molecular weight is 343 g/mol. The second kappa shape index (κ2) is 6.49. The Kier molecular flexibility index (Phi) is 4.56. The highest BCUT2D eigenvalue weighted by atomic mass is 32.1. The van der Waals surface area contributed by atoms with Gasteiger partial charge in [0.25, 0.3) is 5.91 Å². The highest BCUT2D eigenvalue weighted by Gasteiger charge is 2.50. The first kappa shape index (κ1) is 16.9. The molecule has 1 N–H and O–H groups in total. The van der Waals surface area contributed by atoms with Crippen LogP contribution in [0.5, 0.6) is 0 Å². The van der Waals surface area contributed by atoms with Gasteiger partial charge in [0.2, 0.25) is 0 Å². The van der Waals surface area contributed by atoms with Crippen LogP contribution in [0.3, 0.4) is 0 Å². The number of hydrogen-bond donors (Lipinski definition) is 1. The molecule has 0 unspecified atom stereocenters. The molecule has 0 bridgehead atoms. The number of thiophene rings is 1. The molecule has 126 valence electrons. The number of nitrogens with zero attached hydrogens (tertiary/aromatic N) is 1. The zero-order chi connectivity index (χ0) is 17.3. The number of Topliss-reactive ketones (excluding diaryl/α,β-unsaturated/α-hetero) is 1. The maximum atomic E-state index is 12.9. The fourth-order valence-electron chi connectivity index (χ4n) is 3.12. The lowest BCUT2D eigenvalue weighted by Crippen LogP contribution is -2.42. The van der Waals surface area contributed by atoms with Crippen LogP contribution >= 0.6 is 11.3 Å². The van der Waals surface area contributed by atoms with Crippen LogP contribution in [0, 0.1) is 6.92 Å². The predicted octanol–water partition coefficient (Wildman–Crippen LogP) is 3.66. The zero-order valence-electron chi connectivity index (χ0n) is 13.9. The third-order valence-electron chi connectivity index (χ3n) is 4.41. The van der Waals surface area contributed by atoms with Gasteiger partial charge in [-0.2, -0.15) is 0 Å². The largest absolute Gasteiger partial charge is 0.375 e. The smallest absolute Gasteiger partial charge is 0.264 e. The third-order valence-corrected chi connectivity index (χ3v) is 5.45. The van der Waals surface area contributed by atoms with Crippen LogP contribution in [-0.2, 0) is 10.4 Å². The molecule has 5 heteroatoms. The molecule has 1 aliphatic heterocycles. The van der Waals surface area contributed by atoms with Gasteiger partial charge in [0.05, 0.1) is 17.0 Å². The van der Waals surface area contributed by atoms with Crippen molar-refractivity contribution in [2.45, 2.75) is 38.7 Å². The highest BCUT2D eigenvalue weighted by molar-refractivity contribution is 7.14. The molecule has 0 saturated carbocycles. The third kappa shape index (κ3) is 2.78. The van der Waals surface area contributed by atoms with Crippen molar-refractivity contribution < 1.29 is 14.7 Å². The molecule has 24 heavy (non-hydrogen) atoms. The Morgan fingerprint density at radius 2 is 2.00 bits per heavy atom. The number of fused-ring (bicyclic) bond motifs is 1. The number of hydrogen-bond acceptors (Lipinski definition) is 4. The van der Waals surface area contributed by atoms with E-state index < -0.39 is 11.5 Å². The van der Waals surface area contributed by atoms with Crippen LogP contribution in [0.15, 0.2) is 36.4 Å². The van der Waals surface area contributed by atoms with Gasteiger partial charge in [-0.05, 0) is 31.5 Å². The van der Waals surface area contributed by atoms with E-state index in [4.69, 9.17) is 0 Å². The summed E-state index contributed by atoms with van der Waals surface area (Å²) in [5, 5.41) is 11.1. The predicted molar refractivity (Wildman–Crippen MR) is 95.6 cm³/mol. The lowest BCUT2D eigenvalue weighted by molar-refractivity contribution is -0.135. The van der Waals surface area contributed by atoms with Crippen LogP contribution < -0.4 is 4.90 Å². The van der Waals surface area contributed by atoms with Gasteiger partial charge in [0.15, 0.2) is 11.4 Å². The fourth-order valence-corrected chi connectivity index (χ4v) is 3.92. The lowest BCUT2D eigenvalue weighted by atomic mass is 9.89. The molecular weight excluding hydrogens is 322 g/mol. The second-order valence-corrected chi connectivity index (χ2v) is 7.49. The number of rotatable bonds is 6. The van der Waals surface area contributed by atoms with Gasteiger partial charge < -0.3 is 10.0 Å². The van der Waals surface area contributed by atoms with E-state index in [2.05, 4.69) is 6.92 Å². The molecule has 2 aromatic rings. The van der Waals surface area contributed by atoms with E-state index in [1.807, 2.05) is 25.1 Å². The van der Waals surface area contributed by atoms with E-state index in [9.17, 15) is 14.7 Å². The molecule has 2 heterocycles. The number of benzene rings is 1. The van der Waals surface area contributed by atoms with E-state index >= 15 is 0 Å². The maximum Gasteiger partial charge on any atom is 0.264 e. The van der Waals surface area contributed by atoms with Gasteiger partial charge in [0.1, 0.15) is 0 Å². The van der Waals surface area contributed by atoms with Crippen LogP contribution in [0.4, 0.5) is 5.69 Å². The Morgan fingerprint density at radius 1 is 1.25 bits per heavy atom. The second-order valence-electron chi connectivity index (χ2n) is 6.20. The minimum absolute atomic E-state index is 0.198. The number of ketones is 1. The van der Waals surface area contributed by atoms with E-state index in [1.165, 1.54) is 11.3 Å². The van der Waals surface area contributed by atoms with Crippen molar-refractivity contribution in [2.75, 3.05) is 11.4 Å². The van der Waals surface area contributed by atoms with Crippen molar-refractivity contribution in [2.24, 2.45) is 0 Å². The van der Waals surface area contributed by atoms with Crippen molar-refractivity contribution in [1.29, 1.82) is 0 Å². The van der Waals surface area contributed by atoms with Crippen LogP contribution in [0.25, 0.3) is 0 Å². The topological polar surface area (TPSA) is 57.6 Å². The summed E-state index contributed by atoms with van der Waals surface area (Å²) < 4.78 is 0. The molecular formula is C19H21NO3S. The molecule has 0 aliphatic carbocycles. The van der Waals surface area contributed by atoms with E-state index in [-0.39, 0.29) is 12.2 Å². The molecule has 4 nitrogen and oxygen atoms in total. The molecule has 0 saturated heterocycles. The summed E-state index contributed by atoms with van der Waals surface area (Å²) in [6.45, 7) is 4.54. The van der Waals surface area contributed by atoms with Gasteiger partial charge >= 0.3 is 0 Å². The van der Waals surface area contributed by atoms with Gasteiger partial charge in [-0.3, -0.25) is 9.59 Å². The first-order valence-electron chi connectivity index (χ1n) is 8.21. The molecule has 0 spiro atoms. The Balaban J connectivity index is 1.93. The standard InChI is InChI=1S/C19H21NO3S/c1-3-4-11-20-15-8-6-5-7-14(15)19(23,18(20)22)12-16(21)17-10-9-13(2)24-17/h5-10,23H,3-4,11-12H2,1-2H3/t19-/m1/s1. The quantitative estimate of drug-likeness (QED) is 0.814. The first-order chi connectivity index (χ1) is 11.5. The zero-order valence-corrected chi connectivity index (χ0v) is 14.7. The molecule has 1 amide bonds. The fraction of sp³-hybridized carbons (Fsp3) is 0.368. The van der Waals surface area contributed by atoms with Crippen LogP contribution in [-0.4, -0.2) is 23.3 Å². The van der Waals surface area contributed by atoms with Crippen molar-refractivity contribution in [3.8, 4) is 0 Å². The maximum absolute atomic E-state index is 12.9. The minimum Gasteiger partial charge on any atom is -0.375 e. The summed E-state index contributed by atoms with van der Waals surface area (Å²) in [4.78, 5) is 28.7. The van der Waals surface area contributed by atoms with Gasteiger partial charge in [-0.15, -0.1) is 11.3 Å². The minimum atomic E-state index is -1.76. The van der Waals surface area contributed by atoms with Crippen LogP contribution in [0.1, 0.15) is 46.3 Å². The average Bonchev–Trinajstić information content (AvgIpc) is 3.09. The first-order valence-corrected chi connectivity index (χ1v) is 9.02. The molecule has 0 fully saturated rings. The monoisotopic (exact) mass is 343 g/mol. The summed E-state index contributed by atoms with van der Waals surface area (Å²) in [5.74, 6) is -0.588. The van der Waals surface area contributed by atoms with Crippen molar-refractivity contribution in [3.63, 3.8) is 0 Å². The normalized spacial score (nSPS) is 19.6. The molecule has 1 aliphatic rings. The summed E-state index contributed by atoms with van der Waals surface area (Å²) in [6, 6.07) is 10.8. The van der Waals surface area contributed by atoms with E-state index in [1.54, 1.807) is 23.1 Å². The molecule has 1 atom stereocenters. The number of carbonyl (C=O) groups is 2. The Bertz CT molecular complexity index is 782. The lowest BCUT2D eigenvalue weighted by Gasteiger charge is -2.22. The van der Waals surface area contributed by atoms with Crippen molar-refractivity contribution in [1.82, 2.24) is 0 Å². The van der Waals surface area contributed by atoms with Crippen LogP contribution in [0.2, 0.25) is 0 Å². The van der Waals surface area contributed by atoms with E-state index in [0.29, 0.717) is 22.7 Å². The number of amides is 1. The SMILES string of the molecule is CCCCN1C(=O)[C@@](O)(CC(=O)c2ccc(C)s2)c2ccccc21. The van der Waals surface area contributed by atoms with Gasteiger partial charge in [-0.1, -0.05) is 31.5 Å². The molecule has 3 rings (SSSR count). The van der Waals surface area contributed by atoms with Gasteiger partial charge in [-0.25, -0.2) is 0 Å². The number of aliphatic hydroxyl groups is 1. The Hall–Kier alpha value is -1.98. The Morgan fingerprint density at radius 3 is 2.67 bits per heavy atom. The summed E-state index contributed by atoms with van der Waals surface area (Å²) in [5.41, 5.74) is -0.513. The number of anilines is 1. The van der Waals surface area contributed by atoms with E-state index in [0.717, 1.165) is 17.7 Å². The summed E-state index contributed by atoms with van der Waals surface area (Å²) in [6.07, 6.45) is 1.59. The summed E-state index contributed by atoms with van der Waals surface area (Å²) >= 11 is 1.39. The van der Waals surface area contributed by atoms with Gasteiger partial charge in [0, 0.05) is 17.0 Å². The number of carbonyl (C=O) groups excluding carboxylic acids is 2. The number of aryl methyl sites for hydroxylation is 1. The number of unbranched alkanes of at least 4 members (excludes halogenated alkanes) is 1. The molecule has 1 aromatic heterocycles. The van der Waals surface area contributed by atoms with Crippen molar-refractivity contribution >= 4 is 28.7 Å². The number of para-hydroxylation sites is 1. The Labute approximate surface area is 145 Å². The molecule has 0 radical (unpaired) electrons. The summed E-state index contributed by atoms with van der Waals surface area (Å²) in [7, 11) is 0. The van der Waals surface area contributed by atoms with Crippen molar-refractivity contribution in [3.05, 3.63) is 51.7 Å². The molecule has 1 aromatic carbocycles.